The highest BCUT2D eigenvalue weighted by Gasteiger charge is 2.16. The van der Waals surface area contributed by atoms with E-state index in [1.165, 1.54) is 16.9 Å². The Labute approximate surface area is 167 Å². The predicted molar refractivity (Wildman–Crippen MR) is 113 cm³/mol. The van der Waals surface area contributed by atoms with Crippen LogP contribution in [0, 0.1) is 20.8 Å². The summed E-state index contributed by atoms with van der Waals surface area (Å²) in [6, 6.07) is 15.8. The van der Waals surface area contributed by atoms with Gasteiger partial charge in [-0.1, -0.05) is 48.0 Å². The molecule has 0 radical (unpaired) electrons. The van der Waals surface area contributed by atoms with E-state index in [2.05, 4.69) is 41.5 Å². The van der Waals surface area contributed by atoms with Crippen molar-refractivity contribution in [2.45, 2.75) is 20.8 Å². The summed E-state index contributed by atoms with van der Waals surface area (Å²) in [6.45, 7) is 5.89. The molecule has 140 valence electrons. The van der Waals surface area contributed by atoms with Crippen LogP contribution in [0.25, 0.3) is 16.4 Å². The van der Waals surface area contributed by atoms with Gasteiger partial charge < -0.3 is 5.32 Å². The van der Waals surface area contributed by atoms with Crippen molar-refractivity contribution >= 4 is 23.1 Å². The van der Waals surface area contributed by atoms with Crippen molar-refractivity contribution in [3.8, 4) is 16.4 Å². The largest absolute Gasteiger partial charge is 0.306 e. The first kappa shape index (κ1) is 18.1. The van der Waals surface area contributed by atoms with E-state index in [1.54, 1.807) is 6.20 Å². The average Bonchev–Trinajstić information content (AvgIpc) is 3.29. The quantitative estimate of drug-likeness (QED) is 0.524. The van der Waals surface area contributed by atoms with Gasteiger partial charge in [0.05, 0.1) is 11.9 Å². The highest BCUT2D eigenvalue weighted by molar-refractivity contribution is 7.12. The number of hydrogen-bond acceptors (Lipinski definition) is 4. The van der Waals surface area contributed by atoms with Gasteiger partial charge in [-0.3, -0.25) is 9.36 Å². The summed E-state index contributed by atoms with van der Waals surface area (Å²) >= 11 is 1.52. The lowest BCUT2D eigenvalue weighted by Crippen LogP contribution is -2.16. The Morgan fingerprint density at radius 3 is 2.54 bits per heavy atom. The second-order valence-electron chi connectivity index (χ2n) is 6.68. The molecule has 0 atom stereocenters. The lowest BCUT2D eigenvalue weighted by atomic mass is 10.1. The Balaban J connectivity index is 1.65. The van der Waals surface area contributed by atoms with Crippen molar-refractivity contribution in [3.05, 3.63) is 82.6 Å². The monoisotopic (exact) mass is 388 g/mol. The molecule has 2 aromatic carbocycles. The van der Waals surface area contributed by atoms with E-state index in [-0.39, 0.29) is 5.91 Å². The maximum Gasteiger partial charge on any atom is 0.257 e. The average molecular weight is 388 g/mol. The first-order valence-corrected chi connectivity index (χ1v) is 9.85. The first-order chi connectivity index (χ1) is 13.5. The number of carbonyl (C=O) groups is 1. The van der Waals surface area contributed by atoms with Gasteiger partial charge in [-0.15, -0.1) is 11.3 Å². The summed E-state index contributed by atoms with van der Waals surface area (Å²) < 4.78 is 1.87. The zero-order valence-corrected chi connectivity index (χ0v) is 16.7. The van der Waals surface area contributed by atoms with Crippen molar-refractivity contribution in [1.29, 1.82) is 0 Å². The number of rotatable bonds is 4. The van der Waals surface area contributed by atoms with Crippen LogP contribution in [-0.2, 0) is 0 Å². The van der Waals surface area contributed by atoms with E-state index in [1.807, 2.05) is 48.1 Å². The van der Waals surface area contributed by atoms with Crippen LogP contribution in [0.2, 0.25) is 0 Å². The third kappa shape index (κ3) is 3.46. The molecule has 0 unspecified atom stereocenters. The van der Waals surface area contributed by atoms with Crippen molar-refractivity contribution in [2.24, 2.45) is 0 Å². The topological polar surface area (TPSA) is 59.8 Å². The number of hydrogen-bond donors (Lipinski definition) is 1. The van der Waals surface area contributed by atoms with Gasteiger partial charge in [0.2, 0.25) is 0 Å². The summed E-state index contributed by atoms with van der Waals surface area (Å²) in [4.78, 5) is 21.8. The molecule has 0 fully saturated rings. The molecular formula is C22H20N4OS. The summed E-state index contributed by atoms with van der Waals surface area (Å²) in [7, 11) is 0. The highest BCUT2D eigenvalue weighted by atomic mass is 32.1. The molecule has 1 amide bonds. The summed E-state index contributed by atoms with van der Waals surface area (Å²) in [6.07, 6.45) is 1.67. The molecule has 2 heterocycles. The van der Waals surface area contributed by atoms with Crippen LogP contribution in [0.4, 0.5) is 5.82 Å². The van der Waals surface area contributed by atoms with E-state index in [4.69, 9.17) is 4.98 Å². The number of benzene rings is 2. The Hall–Kier alpha value is -3.25. The molecule has 4 rings (SSSR count). The number of anilines is 1. The molecule has 0 saturated heterocycles. The third-order valence-electron chi connectivity index (χ3n) is 4.60. The highest BCUT2D eigenvalue weighted by Crippen LogP contribution is 2.28. The molecule has 0 aliphatic carbocycles. The maximum atomic E-state index is 12.7. The first-order valence-electron chi connectivity index (χ1n) is 8.97. The molecule has 2 aromatic heterocycles. The Kier molecular flexibility index (Phi) is 4.79. The molecule has 0 spiro atoms. The van der Waals surface area contributed by atoms with Gasteiger partial charge >= 0.3 is 0 Å². The minimum absolute atomic E-state index is 0.158. The van der Waals surface area contributed by atoms with Crippen molar-refractivity contribution in [3.63, 3.8) is 0 Å². The molecule has 6 heteroatoms. The van der Waals surface area contributed by atoms with Gasteiger partial charge in [0.15, 0.2) is 5.13 Å². The van der Waals surface area contributed by atoms with Crippen molar-refractivity contribution < 1.29 is 4.79 Å². The number of carbonyl (C=O) groups excluding carboxylic acids is 1. The van der Waals surface area contributed by atoms with Crippen LogP contribution in [0.1, 0.15) is 27.3 Å². The number of aryl methyl sites for hydroxylation is 3. The van der Waals surface area contributed by atoms with Crippen LogP contribution in [0.15, 0.2) is 60.1 Å². The summed E-state index contributed by atoms with van der Waals surface area (Å²) in [5.41, 5.74) is 4.76. The molecule has 1 N–H and O–H groups in total. The van der Waals surface area contributed by atoms with Crippen LogP contribution in [0.5, 0.6) is 0 Å². The molecule has 0 saturated carbocycles. The number of thiazole rings is 1. The zero-order valence-electron chi connectivity index (χ0n) is 15.9. The number of nitrogens with zero attached hydrogens (tertiary/aromatic N) is 3. The minimum Gasteiger partial charge on any atom is -0.306 e. The number of nitrogens with one attached hydrogen (secondary N) is 1. The van der Waals surface area contributed by atoms with E-state index in [0.717, 1.165) is 27.8 Å². The third-order valence-corrected chi connectivity index (χ3v) is 5.43. The standard InChI is InChI=1S/C22H20N4OS/c1-14-8-10-17(11-9-14)19-13-28-22(24-19)26-16(3)23-12-20(26)25-21(27)18-7-5-4-6-15(18)2/h4-13H,1-3H3,(H,25,27). The molecule has 28 heavy (non-hydrogen) atoms. The second kappa shape index (κ2) is 7.40. The van der Waals surface area contributed by atoms with Gasteiger partial charge in [0.1, 0.15) is 11.6 Å². The lowest BCUT2D eigenvalue weighted by Gasteiger charge is -2.10. The zero-order chi connectivity index (χ0) is 19.7. The Bertz CT molecular complexity index is 1140. The van der Waals surface area contributed by atoms with E-state index in [0.29, 0.717) is 11.4 Å². The number of aromatic nitrogens is 3. The van der Waals surface area contributed by atoms with Gasteiger partial charge in [0, 0.05) is 16.5 Å². The Morgan fingerprint density at radius 2 is 1.79 bits per heavy atom. The molecule has 0 bridgehead atoms. The molecular weight excluding hydrogens is 368 g/mol. The number of amides is 1. The minimum atomic E-state index is -0.158. The maximum absolute atomic E-state index is 12.7. The second-order valence-corrected chi connectivity index (χ2v) is 7.51. The lowest BCUT2D eigenvalue weighted by molar-refractivity contribution is 0.102. The predicted octanol–water partition coefficient (Wildman–Crippen LogP) is 5.17. The molecule has 4 aromatic rings. The normalized spacial score (nSPS) is 10.8. The van der Waals surface area contributed by atoms with Gasteiger partial charge in [-0.25, -0.2) is 9.97 Å². The molecule has 0 aliphatic rings. The van der Waals surface area contributed by atoms with E-state index >= 15 is 0 Å². The smallest absolute Gasteiger partial charge is 0.257 e. The van der Waals surface area contributed by atoms with Gasteiger partial charge in [0.25, 0.3) is 5.91 Å². The van der Waals surface area contributed by atoms with Crippen LogP contribution >= 0.6 is 11.3 Å². The molecule has 5 nitrogen and oxygen atoms in total. The van der Waals surface area contributed by atoms with E-state index < -0.39 is 0 Å². The Morgan fingerprint density at radius 1 is 1.04 bits per heavy atom. The SMILES string of the molecule is Cc1ccc(-c2csc(-n3c(NC(=O)c4ccccc4C)cnc3C)n2)cc1. The fourth-order valence-electron chi connectivity index (χ4n) is 3.01. The molecule has 0 aliphatic heterocycles. The van der Waals surface area contributed by atoms with Crippen molar-refractivity contribution in [2.75, 3.05) is 5.32 Å². The van der Waals surface area contributed by atoms with Gasteiger partial charge in [-0.2, -0.15) is 0 Å². The van der Waals surface area contributed by atoms with Gasteiger partial charge in [-0.05, 0) is 32.4 Å². The van der Waals surface area contributed by atoms with Crippen molar-refractivity contribution in [1.82, 2.24) is 14.5 Å². The fourth-order valence-corrected chi connectivity index (χ4v) is 3.90. The summed E-state index contributed by atoms with van der Waals surface area (Å²) in [5.74, 6) is 1.22. The van der Waals surface area contributed by atoms with Crippen LogP contribution in [-0.4, -0.2) is 20.4 Å². The number of imidazole rings is 1. The summed E-state index contributed by atoms with van der Waals surface area (Å²) in [5, 5.41) is 5.76. The van der Waals surface area contributed by atoms with E-state index in [9.17, 15) is 4.79 Å². The van der Waals surface area contributed by atoms with Crippen LogP contribution in [0.3, 0.4) is 0 Å². The fraction of sp³-hybridized carbons (Fsp3) is 0.136. The van der Waals surface area contributed by atoms with Crippen LogP contribution < -0.4 is 5.32 Å².